The van der Waals surface area contributed by atoms with Crippen molar-refractivity contribution in [2.75, 3.05) is 0 Å². The van der Waals surface area contributed by atoms with Crippen LogP contribution in [-0.2, 0) is 21.9 Å². The molecule has 0 unspecified atom stereocenters. The Bertz CT molecular complexity index is 1040. The number of aryl methyl sites for hydroxylation is 3. The molecular formula is C28H28CuO4. The molecule has 0 atom stereocenters. The molecule has 3 rings (SSSR count). The predicted molar refractivity (Wildman–Crippen MR) is 126 cm³/mol. The topological polar surface area (TPSA) is 68.3 Å². The summed E-state index contributed by atoms with van der Waals surface area (Å²) in [5.74, 6) is -0.464. The molecule has 0 saturated carbocycles. The molecule has 0 heterocycles. The average molecular weight is 492 g/mol. The Morgan fingerprint density at radius 3 is 0.970 bits per heavy atom. The van der Waals surface area contributed by atoms with Gasteiger partial charge in [0.2, 0.25) is 0 Å². The minimum absolute atomic E-state index is 0. The molecule has 0 aliphatic rings. The number of Topliss-reactive ketones (excluding diaryl/α,β-unsaturated/α-hetero) is 4. The van der Waals surface area contributed by atoms with Crippen molar-refractivity contribution >= 4 is 23.1 Å². The maximum atomic E-state index is 12.0. The van der Waals surface area contributed by atoms with E-state index in [2.05, 4.69) is 0 Å². The van der Waals surface area contributed by atoms with Crippen molar-refractivity contribution in [3.63, 3.8) is 0 Å². The summed E-state index contributed by atoms with van der Waals surface area (Å²) in [6.07, 6.45) is -0.0742. The van der Waals surface area contributed by atoms with Crippen molar-refractivity contribution in [3.05, 3.63) is 106 Å². The summed E-state index contributed by atoms with van der Waals surface area (Å²) < 4.78 is 0. The molecule has 3 aromatic rings. The van der Waals surface area contributed by atoms with Gasteiger partial charge in [-0.25, -0.2) is 0 Å². The van der Waals surface area contributed by atoms with E-state index in [1.807, 2.05) is 57.2 Å². The Hall–Kier alpha value is -3.14. The number of benzene rings is 3. The van der Waals surface area contributed by atoms with Gasteiger partial charge in [-0.05, 0) is 27.7 Å². The van der Waals surface area contributed by atoms with Crippen LogP contribution in [0.3, 0.4) is 0 Å². The Kier molecular flexibility index (Phi) is 11.3. The summed E-state index contributed by atoms with van der Waals surface area (Å²) in [6, 6.07) is 21.8. The van der Waals surface area contributed by atoms with E-state index in [9.17, 15) is 19.2 Å². The second-order valence-electron chi connectivity index (χ2n) is 7.92. The summed E-state index contributed by atoms with van der Waals surface area (Å²) >= 11 is 0. The molecule has 0 N–H and O–H groups in total. The van der Waals surface area contributed by atoms with Crippen molar-refractivity contribution in [1.82, 2.24) is 0 Å². The van der Waals surface area contributed by atoms with Crippen molar-refractivity contribution < 1.29 is 36.2 Å². The molecule has 0 fully saturated rings. The summed E-state index contributed by atoms with van der Waals surface area (Å²) in [6.45, 7) is 7.31. The zero-order chi connectivity index (χ0) is 23.7. The molecule has 33 heavy (non-hydrogen) atoms. The number of hydrogen-bond donors (Lipinski definition) is 0. The van der Waals surface area contributed by atoms with Gasteiger partial charge >= 0.3 is 0 Å². The van der Waals surface area contributed by atoms with E-state index in [1.165, 1.54) is 6.92 Å². The first-order valence-corrected chi connectivity index (χ1v) is 10.4. The van der Waals surface area contributed by atoms with Crippen molar-refractivity contribution in [3.8, 4) is 0 Å². The first-order valence-electron chi connectivity index (χ1n) is 10.4. The smallest absolute Gasteiger partial charge is 0.170 e. The third kappa shape index (κ3) is 9.48. The Labute approximate surface area is 205 Å². The standard InChI is InChI=1S/C17H16O2.C11H12O2.Cu/c1-12-3-7-14(8-4-12)16(18)11-17(19)15-9-5-13(2)6-10-15;1-8-3-5-10(6-4-8)11(13)7-9(2)12;/h3-10H,11H2,1-2H3;3-6H,7H2,1-2H3;. The quantitative estimate of drug-likeness (QED) is 0.234. The number of carbonyl (C=O) groups excluding carboxylic acids is 4. The van der Waals surface area contributed by atoms with Crippen LogP contribution in [0.4, 0.5) is 0 Å². The SMILES string of the molecule is CC(=O)CC(=O)c1ccc(C)cc1.Cc1ccc(C(=O)CC(=O)c2ccc(C)cc2)cc1.[Cu]. The van der Waals surface area contributed by atoms with Crippen LogP contribution in [0.1, 0.15) is 67.5 Å². The molecule has 1 radical (unpaired) electrons. The van der Waals surface area contributed by atoms with Crippen LogP contribution in [0.5, 0.6) is 0 Å². The van der Waals surface area contributed by atoms with Crippen molar-refractivity contribution in [2.24, 2.45) is 0 Å². The van der Waals surface area contributed by atoms with Crippen LogP contribution >= 0.6 is 0 Å². The van der Waals surface area contributed by atoms with E-state index >= 15 is 0 Å². The van der Waals surface area contributed by atoms with Gasteiger partial charge in [-0.3, -0.25) is 19.2 Å². The average Bonchev–Trinajstić information content (AvgIpc) is 2.75. The minimum Gasteiger partial charge on any atom is -0.300 e. The van der Waals surface area contributed by atoms with Crippen LogP contribution in [0.25, 0.3) is 0 Å². The zero-order valence-electron chi connectivity index (χ0n) is 19.3. The Morgan fingerprint density at radius 1 is 0.485 bits per heavy atom. The largest absolute Gasteiger partial charge is 0.300 e. The molecular weight excluding hydrogens is 464 g/mol. The second-order valence-corrected chi connectivity index (χ2v) is 7.92. The zero-order valence-corrected chi connectivity index (χ0v) is 20.2. The van der Waals surface area contributed by atoms with Gasteiger partial charge in [-0.1, -0.05) is 89.5 Å². The molecule has 0 saturated heterocycles. The fourth-order valence-corrected chi connectivity index (χ4v) is 2.90. The number of rotatable bonds is 7. The van der Waals surface area contributed by atoms with Crippen LogP contribution in [-0.4, -0.2) is 23.1 Å². The van der Waals surface area contributed by atoms with Crippen LogP contribution in [0, 0.1) is 20.8 Å². The second kappa shape index (κ2) is 13.4. The van der Waals surface area contributed by atoms with E-state index < -0.39 is 0 Å². The molecule has 0 aliphatic carbocycles. The number of ketones is 4. The number of hydrogen-bond acceptors (Lipinski definition) is 4. The van der Waals surface area contributed by atoms with Gasteiger partial charge < -0.3 is 0 Å². The predicted octanol–water partition coefficient (Wildman–Crippen LogP) is 5.91. The monoisotopic (exact) mass is 491 g/mol. The molecule has 0 bridgehead atoms. The van der Waals surface area contributed by atoms with E-state index in [0.29, 0.717) is 16.7 Å². The van der Waals surface area contributed by atoms with Crippen LogP contribution < -0.4 is 0 Å². The maximum absolute atomic E-state index is 12.0. The van der Waals surface area contributed by atoms with Gasteiger partial charge in [0.1, 0.15) is 5.78 Å². The van der Waals surface area contributed by atoms with E-state index in [-0.39, 0.29) is 53.0 Å². The van der Waals surface area contributed by atoms with Gasteiger partial charge in [0.05, 0.1) is 12.8 Å². The number of carbonyl (C=O) groups is 4. The van der Waals surface area contributed by atoms with Gasteiger partial charge in [0.25, 0.3) is 0 Å². The minimum atomic E-state index is -0.134. The molecule has 0 aromatic heterocycles. The van der Waals surface area contributed by atoms with E-state index in [0.717, 1.165) is 16.7 Å². The van der Waals surface area contributed by atoms with Gasteiger partial charge in [0, 0.05) is 33.8 Å². The molecule has 0 amide bonds. The van der Waals surface area contributed by atoms with E-state index in [4.69, 9.17) is 0 Å². The molecule has 175 valence electrons. The van der Waals surface area contributed by atoms with Crippen LogP contribution in [0.15, 0.2) is 72.8 Å². The third-order valence-corrected chi connectivity index (χ3v) is 4.85. The van der Waals surface area contributed by atoms with Gasteiger partial charge in [-0.2, -0.15) is 0 Å². The fourth-order valence-electron chi connectivity index (χ4n) is 2.90. The first kappa shape index (κ1) is 27.9. The normalized spacial score (nSPS) is 9.70. The Balaban J connectivity index is 0.000000343. The maximum Gasteiger partial charge on any atom is 0.170 e. The van der Waals surface area contributed by atoms with Gasteiger partial charge in [-0.15, -0.1) is 0 Å². The summed E-state index contributed by atoms with van der Waals surface area (Å²) in [4.78, 5) is 46.0. The summed E-state index contributed by atoms with van der Waals surface area (Å²) in [5, 5.41) is 0. The molecule has 0 aliphatic heterocycles. The van der Waals surface area contributed by atoms with Crippen LogP contribution in [0.2, 0.25) is 0 Å². The molecule has 4 nitrogen and oxygen atoms in total. The summed E-state index contributed by atoms with van der Waals surface area (Å²) in [7, 11) is 0. The fraction of sp³-hybridized carbons (Fsp3) is 0.214. The third-order valence-electron chi connectivity index (χ3n) is 4.85. The molecule has 0 spiro atoms. The summed E-state index contributed by atoms with van der Waals surface area (Å²) in [5.41, 5.74) is 5.10. The Morgan fingerprint density at radius 2 is 0.727 bits per heavy atom. The van der Waals surface area contributed by atoms with Crippen molar-refractivity contribution in [1.29, 1.82) is 0 Å². The van der Waals surface area contributed by atoms with Gasteiger partial charge in [0.15, 0.2) is 17.3 Å². The first-order chi connectivity index (χ1) is 15.2. The molecule has 5 heteroatoms. The van der Waals surface area contributed by atoms with Crippen molar-refractivity contribution in [2.45, 2.75) is 40.5 Å². The molecule has 3 aromatic carbocycles. The van der Waals surface area contributed by atoms with E-state index in [1.54, 1.807) is 36.4 Å².